The lowest BCUT2D eigenvalue weighted by Gasteiger charge is -2.29. The maximum atomic E-state index is 6.77. The van der Waals surface area contributed by atoms with Gasteiger partial charge in [0.05, 0.1) is 12.2 Å². The molecule has 0 spiro atoms. The molecule has 42 heavy (non-hydrogen) atoms. The van der Waals surface area contributed by atoms with Gasteiger partial charge in [0, 0.05) is 10.6 Å². The monoisotopic (exact) mass is 594 g/mol. The summed E-state index contributed by atoms with van der Waals surface area (Å²) in [6.45, 7) is 0. The molecule has 0 bridgehead atoms. The molecule has 4 heteroatoms. The summed E-state index contributed by atoms with van der Waals surface area (Å²) in [4.78, 5) is 0. The molecule has 0 amide bonds. The van der Waals surface area contributed by atoms with Crippen molar-refractivity contribution in [2.75, 3.05) is 12.3 Å². The molecule has 2 fully saturated rings. The molecule has 6 rings (SSSR count). The smallest absolute Gasteiger partial charge is 0.127 e. The lowest BCUT2D eigenvalue weighted by molar-refractivity contribution is 0.156. The molecule has 2 aliphatic carbocycles. The third-order valence-electron chi connectivity index (χ3n) is 8.69. The van der Waals surface area contributed by atoms with Gasteiger partial charge in [0.15, 0.2) is 0 Å². The van der Waals surface area contributed by atoms with Crippen LogP contribution in [0.5, 0.6) is 11.5 Å². The molecule has 2 unspecified atom stereocenters. The van der Waals surface area contributed by atoms with Crippen LogP contribution in [0.1, 0.15) is 64.2 Å². The van der Waals surface area contributed by atoms with E-state index in [-0.39, 0.29) is 0 Å². The summed E-state index contributed by atoms with van der Waals surface area (Å²) in [5.41, 5.74) is 0. The van der Waals surface area contributed by atoms with Crippen molar-refractivity contribution >= 4 is 37.1 Å². The van der Waals surface area contributed by atoms with E-state index in [4.69, 9.17) is 9.47 Å². The number of rotatable bonds is 11. The zero-order valence-electron chi connectivity index (χ0n) is 24.7. The summed E-state index contributed by atoms with van der Waals surface area (Å²) in [5, 5.41) is 5.64. The van der Waals surface area contributed by atoms with E-state index in [1.54, 1.807) is 0 Å². The summed E-state index contributed by atoms with van der Waals surface area (Å²) in [5.74, 6) is 2.20. The number of ether oxygens (including phenoxy) is 2. The Labute approximate surface area is 255 Å². The summed E-state index contributed by atoms with van der Waals surface area (Å²) in [6, 6.07) is 40.2. The van der Waals surface area contributed by atoms with Gasteiger partial charge in [-0.1, -0.05) is 110 Å². The van der Waals surface area contributed by atoms with Gasteiger partial charge in [-0.15, -0.1) is 0 Å². The highest BCUT2D eigenvalue weighted by atomic mass is 31.1. The molecule has 2 aliphatic rings. The number of para-hydroxylation sites is 2. The maximum absolute atomic E-state index is 6.77. The molecule has 4 aromatic carbocycles. The molecule has 218 valence electrons. The minimum atomic E-state index is -0.587. The first kappa shape index (κ1) is 29.4. The van der Waals surface area contributed by atoms with E-state index >= 15 is 0 Å². The second-order valence-corrected chi connectivity index (χ2v) is 16.3. The van der Waals surface area contributed by atoms with E-state index in [0.29, 0.717) is 12.2 Å². The van der Waals surface area contributed by atoms with Crippen molar-refractivity contribution in [2.24, 2.45) is 0 Å². The molecule has 4 aromatic rings. The number of hydrogen-bond acceptors (Lipinski definition) is 2. The predicted molar refractivity (Wildman–Crippen MR) is 183 cm³/mol. The average molecular weight is 595 g/mol. The zero-order chi connectivity index (χ0) is 28.4. The minimum Gasteiger partial charge on any atom is -0.490 e. The molecule has 0 aliphatic heterocycles. The largest absolute Gasteiger partial charge is 0.490 e. The van der Waals surface area contributed by atoms with Crippen LogP contribution in [0.3, 0.4) is 0 Å². The lowest BCUT2D eigenvalue weighted by atomic mass is 9.98. The first-order valence-electron chi connectivity index (χ1n) is 16.0. The summed E-state index contributed by atoms with van der Waals surface area (Å²) in [6.07, 6.45) is 15.4. The van der Waals surface area contributed by atoms with E-state index in [0.717, 1.165) is 23.8 Å². The topological polar surface area (TPSA) is 18.5 Å². The van der Waals surface area contributed by atoms with Crippen molar-refractivity contribution in [1.29, 1.82) is 0 Å². The van der Waals surface area contributed by atoms with Crippen molar-refractivity contribution in [3.05, 3.63) is 109 Å². The molecule has 0 aromatic heterocycles. The van der Waals surface area contributed by atoms with Gasteiger partial charge in [-0.05, 0) is 102 Å². The van der Waals surface area contributed by atoms with E-state index in [1.807, 2.05) is 0 Å². The summed E-state index contributed by atoms with van der Waals surface area (Å²) < 4.78 is 13.5. The molecule has 0 saturated heterocycles. The molecular formula is C38H44O2P2. The highest BCUT2D eigenvalue weighted by Gasteiger charge is 2.26. The van der Waals surface area contributed by atoms with Gasteiger partial charge in [0.1, 0.15) is 11.5 Å². The Bertz CT molecular complexity index is 1260. The SMILES string of the molecule is c1ccc(P(CCP(c2ccccc2)c2ccccc2OC2CCCCC2)c2ccccc2OC2CCCCC2)cc1. The van der Waals surface area contributed by atoms with Crippen molar-refractivity contribution in [3.8, 4) is 11.5 Å². The van der Waals surface area contributed by atoms with E-state index in [9.17, 15) is 0 Å². The fourth-order valence-electron chi connectivity index (χ4n) is 6.48. The zero-order valence-corrected chi connectivity index (χ0v) is 26.5. The molecule has 2 atom stereocenters. The highest BCUT2D eigenvalue weighted by Crippen LogP contribution is 2.45. The number of hydrogen-bond donors (Lipinski definition) is 0. The normalized spacial score (nSPS) is 17.8. The van der Waals surface area contributed by atoms with Crippen molar-refractivity contribution in [1.82, 2.24) is 0 Å². The van der Waals surface area contributed by atoms with Crippen LogP contribution < -0.4 is 30.7 Å². The van der Waals surface area contributed by atoms with Gasteiger partial charge in [0.2, 0.25) is 0 Å². The van der Waals surface area contributed by atoms with Gasteiger partial charge in [-0.25, -0.2) is 0 Å². The fraction of sp³-hybridized carbons (Fsp3) is 0.368. The van der Waals surface area contributed by atoms with Crippen LogP contribution >= 0.6 is 15.8 Å². The van der Waals surface area contributed by atoms with Crippen LogP contribution in [-0.2, 0) is 0 Å². The van der Waals surface area contributed by atoms with Gasteiger partial charge in [0.25, 0.3) is 0 Å². The Morgan fingerprint density at radius 2 is 0.786 bits per heavy atom. The number of benzene rings is 4. The fourth-order valence-corrected chi connectivity index (χ4v) is 12.0. The molecule has 0 radical (unpaired) electrons. The molecular weight excluding hydrogens is 550 g/mol. The van der Waals surface area contributed by atoms with Gasteiger partial charge in [-0.2, -0.15) is 0 Å². The van der Waals surface area contributed by atoms with Crippen LogP contribution in [0.4, 0.5) is 0 Å². The van der Waals surface area contributed by atoms with E-state index in [2.05, 4.69) is 109 Å². The van der Waals surface area contributed by atoms with Crippen molar-refractivity contribution in [2.45, 2.75) is 76.4 Å². The second kappa shape index (κ2) is 15.2. The van der Waals surface area contributed by atoms with Gasteiger partial charge < -0.3 is 9.47 Å². The first-order chi connectivity index (χ1) is 20.8. The average Bonchev–Trinajstić information content (AvgIpc) is 3.06. The third kappa shape index (κ3) is 7.64. The molecule has 0 N–H and O–H groups in total. The highest BCUT2D eigenvalue weighted by molar-refractivity contribution is 7.76. The molecule has 0 heterocycles. The Hall–Kier alpha value is -2.66. The Kier molecular flexibility index (Phi) is 10.6. The van der Waals surface area contributed by atoms with Crippen LogP contribution in [0.25, 0.3) is 0 Å². The minimum absolute atomic E-state index is 0.345. The summed E-state index contributed by atoms with van der Waals surface area (Å²) in [7, 11) is -1.17. The van der Waals surface area contributed by atoms with E-state index < -0.39 is 15.8 Å². The van der Waals surface area contributed by atoms with E-state index in [1.165, 1.54) is 85.4 Å². The Morgan fingerprint density at radius 1 is 0.429 bits per heavy atom. The van der Waals surface area contributed by atoms with Crippen LogP contribution in [-0.4, -0.2) is 24.5 Å². The first-order valence-corrected chi connectivity index (χ1v) is 19.1. The third-order valence-corrected chi connectivity index (χ3v) is 14.1. The maximum Gasteiger partial charge on any atom is 0.127 e. The van der Waals surface area contributed by atoms with Crippen LogP contribution in [0.2, 0.25) is 0 Å². The predicted octanol–water partition coefficient (Wildman–Crippen LogP) is 8.68. The molecule has 2 nitrogen and oxygen atoms in total. The standard InChI is InChI=1S/C38H44O2P2/c1-5-17-31(18-6-1)39-35-25-13-15-27-37(35)41(33-21-9-3-10-22-33)29-30-42(34-23-11-4-12-24-34)38-28-16-14-26-36(38)40-32-19-7-2-8-20-32/h3-4,9-16,21-28,31-32H,1-2,5-8,17-20,29-30H2. The Morgan fingerprint density at radius 3 is 1.19 bits per heavy atom. The lowest BCUT2D eigenvalue weighted by Crippen LogP contribution is -2.26. The molecule has 2 saturated carbocycles. The Balaban J connectivity index is 1.31. The van der Waals surface area contributed by atoms with Crippen molar-refractivity contribution < 1.29 is 9.47 Å². The van der Waals surface area contributed by atoms with Gasteiger partial charge in [-0.3, -0.25) is 0 Å². The van der Waals surface area contributed by atoms with Crippen molar-refractivity contribution in [3.63, 3.8) is 0 Å². The van der Waals surface area contributed by atoms with Crippen LogP contribution in [0, 0.1) is 0 Å². The summed E-state index contributed by atoms with van der Waals surface area (Å²) >= 11 is 0. The van der Waals surface area contributed by atoms with Crippen LogP contribution in [0.15, 0.2) is 109 Å². The van der Waals surface area contributed by atoms with Gasteiger partial charge >= 0.3 is 0 Å². The quantitative estimate of drug-likeness (QED) is 0.162. The second-order valence-electron chi connectivity index (χ2n) is 11.7.